The standard InChI is InChI=1S/C14H19BrN4S/c1-5-6-12-18-11(15)7-13(19-12)17-9(3)14-8(2)16-10(4)20-14/h7,9H,5-6H2,1-4H3,(H,17,18,19). The number of hydrogen-bond donors (Lipinski definition) is 1. The third-order valence-corrected chi connectivity index (χ3v) is 4.57. The molecular weight excluding hydrogens is 336 g/mol. The number of nitrogens with zero attached hydrogens (tertiary/aromatic N) is 3. The lowest BCUT2D eigenvalue weighted by Gasteiger charge is -2.14. The Bertz CT molecular complexity index is 597. The SMILES string of the molecule is CCCc1nc(Br)cc(NC(C)c2sc(C)nc2C)n1. The van der Waals surface area contributed by atoms with E-state index in [1.54, 1.807) is 11.3 Å². The van der Waals surface area contributed by atoms with E-state index >= 15 is 0 Å². The van der Waals surface area contributed by atoms with Crippen LogP contribution in [-0.4, -0.2) is 15.0 Å². The zero-order chi connectivity index (χ0) is 14.7. The molecule has 0 saturated heterocycles. The minimum Gasteiger partial charge on any atom is -0.363 e. The number of anilines is 1. The minimum absolute atomic E-state index is 0.192. The molecule has 0 amide bonds. The molecule has 1 atom stereocenters. The van der Waals surface area contributed by atoms with Crippen LogP contribution in [0.3, 0.4) is 0 Å². The summed E-state index contributed by atoms with van der Waals surface area (Å²) in [7, 11) is 0. The lowest BCUT2D eigenvalue weighted by molar-refractivity contribution is 0.815. The first kappa shape index (κ1) is 15.4. The second kappa shape index (κ2) is 6.63. The molecule has 2 rings (SSSR count). The molecule has 0 bridgehead atoms. The number of hydrogen-bond acceptors (Lipinski definition) is 5. The maximum Gasteiger partial charge on any atom is 0.132 e. The van der Waals surface area contributed by atoms with E-state index in [2.05, 4.69) is 57.0 Å². The second-order valence-electron chi connectivity index (χ2n) is 4.79. The maximum absolute atomic E-state index is 4.56. The highest BCUT2D eigenvalue weighted by molar-refractivity contribution is 9.10. The number of halogens is 1. The van der Waals surface area contributed by atoms with Crippen LogP contribution < -0.4 is 5.32 Å². The quantitative estimate of drug-likeness (QED) is 0.806. The van der Waals surface area contributed by atoms with Crippen LogP contribution >= 0.6 is 27.3 Å². The van der Waals surface area contributed by atoms with Gasteiger partial charge in [-0.1, -0.05) is 6.92 Å². The van der Waals surface area contributed by atoms with Crippen LogP contribution in [0.25, 0.3) is 0 Å². The smallest absolute Gasteiger partial charge is 0.132 e. The molecule has 0 aliphatic rings. The Balaban J connectivity index is 2.18. The predicted molar refractivity (Wildman–Crippen MR) is 87.4 cm³/mol. The molecule has 1 unspecified atom stereocenters. The van der Waals surface area contributed by atoms with E-state index in [9.17, 15) is 0 Å². The van der Waals surface area contributed by atoms with Crippen molar-refractivity contribution in [1.29, 1.82) is 0 Å². The Morgan fingerprint density at radius 1 is 1.30 bits per heavy atom. The summed E-state index contributed by atoms with van der Waals surface area (Å²) in [6.45, 7) is 8.35. The fourth-order valence-corrected chi connectivity index (χ4v) is 3.46. The van der Waals surface area contributed by atoms with Crippen molar-refractivity contribution >= 4 is 33.1 Å². The first-order chi connectivity index (χ1) is 9.49. The normalized spacial score (nSPS) is 12.4. The summed E-state index contributed by atoms with van der Waals surface area (Å²) in [6, 6.07) is 2.11. The van der Waals surface area contributed by atoms with Gasteiger partial charge in [-0.25, -0.2) is 15.0 Å². The van der Waals surface area contributed by atoms with Crippen molar-refractivity contribution in [3.8, 4) is 0 Å². The monoisotopic (exact) mass is 354 g/mol. The lowest BCUT2D eigenvalue weighted by Crippen LogP contribution is -2.09. The largest absolute Gasteiger partial charge is 0.363 e. The van der Waals surface area contributed by atoms with Gasteiger partial charge in [0.05, 0.1) is 16.7 Å². The Labute approximate surface area is 132 Å². The van der Waals surface area contributed by atoms with Gasteiger partial charge in [0.1, 0.15) is 16.2 Å². The average molecular weight is 355 g/mol. The van der Waals surface area contributed by atoms with Crippen LogP contribution in [0.2, 0.25) is 0 Å². The predicted octanol–water partition coefficient (Wildman–Crippen LogP) is 4.44. The molecule has 4 nitrogen and oxygen atoms in total. The van der Waals surface area contributed by atoms with Gasteiger partial charge >= 0.3 is 0 Å². The molecule has 0 fully saturated rings. The summed E-state index contributed by atoms with van der Waals surface area (Å²) in [5, 5.41) is 4.54. The molecule has 6 heteroatoms. The van der Waals surface area contributed by atoms with Gasteiger partial charge in [0.25, 0.3) is 0 Å². The lowest BCUT2D eigenvalue weighted by atomic mass is 10.2. The molecule has 0 spiro atoms. The van der Waals surface area contributed by atoms with Gasteiger partial charge in [0.2, 0.25) is 0 Å². The van der Waals surface area contributed by atoms with Crippen LogP contribution in [0.4, 0.5) is 5.82 Å². The number of thiazole rings is 1. The van der Waals surface area contributed by atoms with Crippen molar-refractivity contribution in [2.24, 2.45) is 0 Å². The maximum atomic E-state index is 4.56. The number of aromatic nitrogens is 3. The summed E-state index contributed by atoms with van der Waals surface area (Å²) < 4.78 is 0.822. The summed E-state index contributed by atoms with van der Waals surface area (Å²) in [6.07, 6.45) is 1.93. The third-order valence-electron chi connectivity index (χ3n) is 2.91. The van der Waals surface area contributed by atoms with Crippen LogP contribution in [0, 0.1) is 13.8 Å². The fourth-order valence-electron chi connectivity index (χ4n) is 2.11. The van der Waals surface area contributed by atoms with Crippen LogP contribution in [-0.2, 0) is 6.42 Å². The van der Waals surface area contributed by atoms with Crippen LogP contribution in [0.1, 0.15) is 47.7 Å². The molecule has 108 valence electrons. The molecule has 0 aliphatic heterocycles. The van der Waals surface area contributed by atoms with E-state index in [1.165, 1.54) is 4.88 Å². The highest BCUT2D eigenvalue weighted by atomic mass is 79.9. The minimum atomic E-state index is 0.192. The van der Waals surface area contributed by atoms with Gasteiger partial charge in [-0.2, -0.15) is 0 Å². The van der Waals surface area contributed by atoms with Crippen LogP contribution in [0.5, 0.6) is 0 Å². The average Bonchev–Trinajstić information content (AvgIpc) is 2.68. The summed E-state index contributed by atoms with van der Waals surface area (Å²) >= 11 is 5.18. The van der Waals surface area contributed by atoms with Gasteiger partial charge in [-0.15, -0.1) is 11.3 Å². The van der Waals surface area contributed by atoms with Gasteiger partial charge in [0, 0.05) is 17.4 Å². The Hall–Kier alpha value is -1.01. The van der Waals surface area contributed by atoms with Crippen molar-refractivity contribution in [3.63, 3.8) is 0 Å². The summed E-state index contributed by atoms with van der Waals surface area (Å²) in [4.78, 5) is 14.7. The van der Waals surface area contributed by atoms with Crippen molar-refractivity contribution in [2.75, 3.05) is 5.32 Å². The van der Waals surface area contributed by atoms with E-state index < -0.39 is 0 Å². The van der Waals surface area contributed by atoms with Gasteiger partial charge in [-0.3, -0.25) is 0 Å². The van der Waals surface area contributed by atoms with Gasteiger partial charge in [-0.05, 0) is 43.1 Å². The molecule has 2 aromatic rings. The molecule has 0 aromatic carbocycles. The summed E-state index contributed by atoms with van der Waals surface area (Å²) in [5.74, 6) is 1.72. The summed E-state index contributed by atoms with van der Waals surface area (Å²) in [5.41, 5.74) is 1.09. The first-order valence-electron chi connectivity index (χ1n) is 6.73. The van der Waals surface area contributed by atoms with Gasteiger partial charge in [0.15, 0.2) is 0 Å². The first-order valence-corrected chi connectivity index (χ1v) is 8.34. The van der Waals surface area contributed by atoms with Crippen molar-refractivity contribution in [1.82, 2.24) is 15.0 Å². The highest BCUT2D eigenvalue weighted by Crippen LogP contribution is 2.27. The molecule has 2 heterocycles. The molecule has 0 saturated carbocycles. The van der Waals surface area contributed by atoms with Crippen molar-refractivity contribution in [2.45, 2.75) is 46.6 Å². The van der Waals surface area contributed by atoms with E-state index in [0.29, 0.717) is 0 Å². The number of rotatable bonds is 5. The molecular formula is C14H19BrN4S. The second-order valence-corrected chi connectivity index (χ2v) is 6.84. The zero-order valence-corrected chi connectivity index (χ0v) is 14.6. The Morgan fingerprint density at radius 3 is 2.65 bits per heavy atom. The van der Waals surface area contributed by atoms with E-state index in [1.807, 2.05) is 13.0 Å². The highest BCUT2D eigenvalue weighted by Gasteiger charge is 2.14. The van der Waals surface area contributed by atoms with Crippen molar-refractivity contribution in [3.05, 3.63) is 32.1 Å². The van der Waals surface area contributed by atoms with Gasteiger partial charge < -0.3 is 5.32 Å². The molecule has 0 radical (unpaired) electrons. The third kappa shape index (κ3) is 3.76. The van der Waals surface area contributed by atoms with E-state index in [4.69, 9.17) is 0 Å². The van der Waals surface area contributed by atoms with E-state index in [0.717, 1.165) is 39.8 Å². The molecule has 2 aromatic heterocycles. The Kier molecular flexibility index (Phi) is 5.10. The van der Waals surface area contributed by atoms with Crippen LogP contribution in [0.15, 0.2) is 10.7 Å². The number of nitrogens with one attached hydrogen (secondary N) is 1. The molecule has 1 N–H and O–H groups in total. The van der Waals surface area contributed by atoms with Crippen molar-refractivity contribution < 1.29 is 0 Å². The van der Waals surface area contributed by atoms with E-state index in [-0.39, 0.29) is 6.04 Å². The fraction of sp³-hybridized carbons (Fsp3) is 0.500. The molecule has 20 heavy (non-hydrogen) atoms. The molecule has 0 aliphatic carbocycles. The number of aryl methyl sites for hydroxylation is 3. The zero-order valence-electron chi connectivity index (χ0n) is 12.2. The topological polar surface area (TPSA) is 50.7 Å². The Morgan fingerprint density at radius 2 is 2.05 bits per heavy atom.